The van der Waals surface area contributed by atoms with E-state index in [0.717, 1.165) is 55.4 Å². The van der Waals surface area contributed by atoms with Crippen LogP contribution in [0.3, 0.4) is 0 Å². The van der Waals surface area contributed by atoms with Gasteiger partial charge in [0.2, 0.25) is 5.91 Å². The van der Waals surface area contributed by atoms with Crippen LogP contribution in [-0.4, -0.2) is 46.7 Å². The fourth-order valence-corrected chi connectivity index (χ4v) is 3.46. The highest BCUT2D eigenvalue weighted by Crippen LogP contribution is 2.25. The largest absolute Gasteiger partial charge is 0.379 e. The molecule has 0 bridgehead atoms. The fraction of sp³-hybridized carbons (Fsp3) is 0.600. The molecule has 0 atom stereocenters. The second kappa shape index (κ2) is 8.18. The molecule has 1 aromatic heterocycles. The fourth-order valence-electron chi connectivity index (χ4n) is 3.46. The molecule has 0 aliphatic carbocycles. The van der Waals surface area contributed by atoms with Crippen LogP contribution in [-0.2, 0) is 16.1 Å². The van der Waals surface area contributed by atoms with E-state index in [1.165, 1.54) is 0 Å². The molecule has 26 heavy (non-hydrogen) atoms. The normalized spacial score (nSPS) is 15.9. The molecule has 1 aliphatic rings. The highest BCUT2D eigenvalue weighted by atomic mass is 16.5. The van der Waals surface area contributed by atoms with Gasteiger partial charge in [0.25, 0.3) is 0 Å². The van der Waals surface area contributed by atoms with Gasteiger partial charge < -0.3 is 14.6 Å². The van der Waals surface area contributed by atoms with Gasteiger partial charge in [0, 0.05) is 31.2 Å². The highest BCUT2D eigenvalue weighted by molar-refractivity contribution is 5.93. The van der Waals surface area contributed by atoms with Gasteiger partial charge in [0.15, 0.2) is 0 Å². The Morgan fingerprint density at radius 1 is 1.23 bits per heavy atom. The van der Waals surface area contributed by atoms with Gasteiger partial charge in [-0.2, -0.15) is 0 Å². The number of ether oxygens (including phenoxy) is 1. The predicted molar refractivity (Wildman–Crippen MR) is 104 cm³/mol. The third-order valence-corrected chi connectivity index (χ3v) is 4.63. The summed E-state index contributed by atoms with van der Waals surface area (Å²) < 4.78 is 7.74. The molecule has 1 aliphatic heterocycles. The molecule has 6 heteroatoms. The molecule has 1 saturated heterocycles. The van der Waals surface area contributed by atoms with Crippen molar-refractivity contribution in [1.29, 1.82) is 0 Å². The Labute approximate surface area is 155 Å². The van der Waals surface area contributed by atoms with Crippen LogP contribution in [0, 0.1) is 5.92 Å². The average molecular weight is 358 g/mol. The van der Waals surface area contributed by atoms with Gasteiger partial charge in [0.1, 0.15) is 5.82 Å². The summed E-state index contributed by atoms with van der Waals surface area (Å²) in [6.07, 6.45) is 0.529. The molecule has 0 unspecified atom stereocenters. The number of carbonyl (C=O) groups excluding carboxylic acids is 1. The summed E-state index contributed by atoms with van der Waals surface area (Å²) in [5.41, 5.74) is 2.86. The number of amides is 1. The number of hydrogen-bond acceptors (Lipinski definition) is 4. The van der Waals surface area contributed by atoms with Crippen molar-refractivity contribution in [2.45, 2.75) is 46.7 Å². The number of anilines is 1. The Morgan fingerprint density at radius 2 is 1.96 bits per heavy atom. The smallest absolute Gasteiger partial charge is 0.224 e. The highest BCUT2D eigenvalue weighted by Gasteiger charge is 2.18. The van der Waals surface area contributed by atoms with Gasteiger partial charge in [-0.05, 0) is 38.0 Å². The van der Waals surface area contributed by atoms with Gasteiger partial charge in [-0.1, -0.05) is 13.8 Å². The molecular weight excluding hydrogens is 328 g/mol. The van der Waals surface area contributed by atoms with Crippen molar-refractivity contribution in [2.75, 3.05) is 31.6 Å². The van der Waals surface area contributed by atoms with E-state index >= 15 is 0 Å². The molecule has 6 nitrogen and oxygen atoms in total. The molecule has 2 heterocycles. The van der Waals surface area contributed by atoms with Crippen LogP contribution < -0.4 is 5.32 Å². The SMILES string of the molecule is CC(C)CC(=O)Nc1ccc2c(c1)nc(CN1CCOCC1)n2C(C)C. The van der Waals surface area contributed by atoms with Crippen LogP contribution in [0.15, 0.2) is 18.2 Å². The lowest BCUT2D eigenvalue weighted by atomic mass is 10.1. The van der Waals surface area contributed by atoms with Gasteiger partial charge in [-0.25, -0.2) is 4.98 Å². The minimum absolute atomic E-state index is 0.0520. The number of aromatic nitrogens is 2. The minimum atomic E-state index is 0.0520. The maximum absolute atomic E-state index is 12.0. The number of fused-ring (bicyclic) bond motifs is 1. The molecular formula is C20H30N4O2. The zero-order valence-electron chi connectivity index (χ0n) is 16.3. The number of nitrogens with zero attached hydrogens (tertiary/aromatic N) is 3. The Bertz CT molecular complexity index is 761. The first kappa shape index (κ1) is 18.9. The molecule has 142 valence electrons. The average Bonchev–Trinajstić information content (AvgIpc) is 2.92. The quantitative estimate of drug-likeness (QED) is 0.859. The maximum Gasteiger partial charge on any atom is 0.224 e. The zero-order valence-corrected chi connectivity index (χ0v) is 16.3. The Hall–Kier alpha value is -1.92. The van der Waals surface area contributed by atoms with Gasteiger partial charge >= 0.3 is 0 Å². The topological polar surface area (TPSA) is 59.4 Å². The number of benzene rings is 1. The van der Waals surface area contributed by atoms with E-state index in [0.29, 0.717) is 18.4 Å². The van der Waals surface area contributed by atoms with Crippen LogP contribution in [0.4, 0.5) is 5.69 Å². The third-order valence-electron chi connectivity index (χ3n) is 4.63. The summed E-state index contributed by atoms with van der Waals surface area (Å²) in [7, 11) is 0. The van der Waals surface area contributed by atoms with Crippen LogP contribution in [0.1, 0.15) is 46.0 Å². The van der Waals surface area contributed by atoms with E-state index in [4.69, 9.17) is 9.72 Å². The molecule has 1 N–H and O–H groups in total. The van der Waals surface area contributed by atoms with Crippen LogP contribution >= 0.6 is 0 Å². The zero-order chi connectivity index (χ0) is 18.7. The molecule has 0 spiro atoms. The van der Waals surface area contributed by atoms with Crippen molar-refractivity contribution in [1.82, 2.24) is 14.5 Å². The molecule has 1 amide bonds. The lowest BCUT2D eigenvalue weighted by molar-refractivity contribution is -0.116. The molecule has 0 radical (unpaired) electrons. The Kier molecular flexibility index (Phi) is 5.94. The first-order chi connectivity index (χ1) is 12.4. The number of hydrogen-bond donors (Lipinski definition) is 1. The number of carbonyl (C=O) groups is 1. The minimum Gasteiger partial charge on any atom is -0.379 e. The first-order valence-corrected chi connectivity index (χ1v) is 9.55. The van der Waals surface area contributed by atoms with E-state index in [1.807, 2.05) is 26.0 Å². The lowest BCUT2D eigenvalue weighted by Gasteiger charge is -2.27. The van der Waals surface area contributed by atoms with E-state index in [-0.39, 0.29) is 5.91 Å². The van der Waals surface area contributed by atoms with Crippen molar-refractivity contribution in [2.24, 2.45) is 5.92 Å². The van der Waals surface area contributed by atoms with Gasteiger partial charge in [-0.3, -0.25) is 9.69 Å². The molecule has 0 saturated carbocycles. The van der Waals surface area contributed by atoms with Crippen molar-refractivity contribution in [3.05, 3.63) is 24.0 Å². The van der Waals surface area contributed by atoms with Crippen molar-refractivity contribution >= 4 is 22.6 Å². The molecule has 3 rings (SSSR count). The summed E-state index contributed by atoms with van der Waals surface area (Å²) in [6, 6.07) is 6.35. The van der Waals surface area contributed by atoms with Crippen LogP contribution in [0.2, 0.25) is 0 Å². The van der Waals surface area contributed by atoms with E-state index in [1.54, 1.807) is 0 Å². The summed E-state index contributed by atoms with van der Waals surface area (Å²) >= 11 is 0. The lowest BCUT2D eigenvalue weighted by Crippen LogP contribution is -2.36. The molecule has 2 aromatic rings. The number of rotatable bonds is 6. The second-order valence-corrected chi connectivity index (χ2v) is 7.73. The van der Waals surface area contributed by atoms with Gasteiger partial charge in [-0.15, -0.1) is 0 Å². The van der Waals surface area contributed by atoms with E-state index in [2.05, 4.69) is 34.7 Å². The number of morpholine rings is 1. The molecule has 1 aromatic carbocycles. The van der Waals surface area contributed by atoms with E-state index in [9.17, 15) is 4.79 Å². The summed E-state index contributed by atoms with van der Waals surface area (Å²) in [5, 5.41) is 2.99. The monoisotopic (exact) mass is 358 g/mol. The summed E-state index contributed by atoms with van der Waals surface area (Å²) in [4.78, 5) is 19.3. The Morgan fingerprint density at radius 3 is 2.62 bits per heavy atom. The van der Waals surface area contributed by atoms with E-state index < -0.39 is 0 Å². The second-order valence-electron chi connectivity index (χ2n) is 7.73. The van der Waals surface area contributed by atoms with Crippen molar-refractivity contribution in [3.8, 4) is 0 Å². The number of nitrogens with one attached hydrogen (secondary N) is 1. The first-order valence-electron chi connectivity index (χ1n) is 9.55. The third kappa shape index (κ3) is 4.43. The standard InChI is InChI=1S/C20H30N4O2/c1-14(2)11-20(25)21-16-5-6-18-17(12-16)22-19(24(18)15(3)4)13-23-7-9-26-10-8-23/h5-6,12,14-15H,7-11,13H2,1-4H3,(H,21,25). The van der Waals surface area contributed by atoms with Crippen molar-refractivity contribution in [3.63, 3.8) is 0 Å². The molecule has 1 fully saturated rings. The number of imidazole rings is 1. The van der Waals surface area contributed by atoms with Crippen LogP contribution in [0.25, 0.3) is 11.0 Å². The summed E-state index contributed by atoms with van der Waals surface area (Å²) in [6.45, 7) is 12.7. The van der Waals surface area contributed by atoms with Crippen molar-refractivity contribution < 1.29 is 9.53 Å². The predicted octanol–water partition coefficient (Wildman–Crippen LogP) is 3.43. The summed E-state index contributed by atoms with van der Waals surface area (Å²) in [5.74, 6) is 1.47. The van der Waals surface area contributed by atoms with Crippen LogP contribution in [0.5, 0.6) is 0 Å². The van der Waals surface area contributed by atoms with Gasteiger partial charge in [0.05, 0.1) is 30.8 Å². The Balaban J connectivity index is 1.85. The maximum atomic E-state index is 12.0.